The molecule has 0 fully saturated rings. The first-order chi connectivity index (χ1) is 11.6. The van der Waals surface area contributed by atoms with Gasteiger partial charge in [0, 0.05) is 23.9 Å². The third kappa shape index (κ3) is 5.98. The molecule has 25 heavy (non-hydrogen) atoms. The summed E-state index contributed by atoms with van der Waals surface area (Å²) in [5.74, 6) is -0.507. The smallest absolute Gasteiger partial charge is 0.393 e. The Morgan fingerprint density at radius 3 is 2.24 bits per heavy atom. The van der Waals surface area contributed by atoms with E-state index < -0.39 is 18.6 Å². The van der Waals surface area contributed by atoms with Crippen molar-refractivity contribution in [2.24, 2.45) is 0 Å². The summed E-state index contributed by atoms with van der Waals surface area (Å²) in [6.07, 6.45) is -4.96. The van der Waals surface area contributed by atoms with Gasteiger partial charge in [-0.25, -0.2) is 0 Å². The monoisotopic (exact) mass is 372 g/mol. The number of alkyl halides is 3. The van der Waals surface area contributed by atoms with E-state index in [1.54, 1.807) is 18.2 Å². The van der Waals surface area contributed by atoms with Crippen LogP contribution in [-0.4, -0.2) is 17.3 Å². The van der Waals surface area contributed by atoms with Gasteiger partial charge in [-0.15, -0.1) is 0 Å². The van der Waals surface area contributed by atoms with Crippen LogP contribution in [0.4, 0.5) is 13.2 Å². The molecule has 2 aromatic rings. The number of benzene rings is 2. The van der Waals surface area contributed by atoms with Gasteiger partial charge in [0.15, 0.2) is 0 Å². The quantitative estimate of drug-likeness (QED) is 0.766. The number of hydrogen-bond acceptors (Lipinski definition) is 3. The lowest BCUT2D eigenvalue weighted by Crippen LogP contribution is -2.11. The van der Waals surface area contributed by atoms with Crippen LogP contribution >= 0.6 is 11.6 Å². The predicted molar refractivity (Wildman–Crippen MR) is 87.6 cm³/mol. The second kappa shape index (κ2) is 7.78. The Kier molecular flexibility index (Phi) is 5.95. The first-order valence-electron chi connectivity index (χ1n) is 7.42. The fourth-order valence-corrected chi connectivity index (χ4v) is 2.63. The molecular weight excluding hydrogens is 357 g/mol. The van der Waals surface area contributed by atoms with Crippen LogP contribution in [0.2, 0.25) is 5.02 Å². The zero-order valence-electron chi connectivity index (χ0n) is 13.4. The number of ether oxygens (including phenoxy) is 1. The number of phenolic OH excluding ortho intramolecular Hbond substituents is 1. The van der Waals surface area contributed by atoms with Gasteiger partial charge in [0.2, 0.25) is 0 Å². The predicted octanol–water partition coefficient (Wildman–Crippen LogP) is 4.80. The topological polar surface area (TPSA) is 46.5 Å². The van der Waals surface area contributed by atoms with Crippen molar-refractivity contribution >= 4 is 17.6 Å². The highest BCUT2D eigenvalue weighted by Crippen LogP contribution is 2.30. The lowest BCUT2D eigenvalue weighted by molar-refractivity contribution is -0.142. The van der Waals surface area contributed by atoms with Gasteiger partial charge in [-0.2, -0.15) is 13.2 Å². The fraction of sp³-hybridized carbons (Fsp3) is 0.278. The van der Waals surface area contributed by atoms with Crippen molar-refractivity contribution in [2.75, 3.05) is 0 Å². The molecule has 0 aliphatic heterocycles. The average molecular weight is 373 g/mol. The Labute approximate surface area is 148 Å². The maximum absolute atomic E-state index is 12.4. The summed E-state index contributed by atoms with van der Waals surface area (Å²) in [6.45, 7) is 1.27. The van der Waals surface area contributed by atoms with E-state index in [9.17, 15) is 23.1 Å². The van der Waals surface area contributed by atoms with Crippen LogP contribution in [0.25, 0.3) is 0 Å². The zero-order chi connectivity index (χ0) is 18.6. The minimum Gasteiger partial charge on any atom is -0.508 e. The van der Waals surface area contributed by atoms with Crippen LogP contribution in [0.1, 0.15) is 29.2 Å². The van der Waals surface area contributed by atoms with Crippen molar-refractivity contribution in [2.45, 2.75) is 32.5 Å². The molecule has 7 heteroatoms. The molecule has 0 aliphatic carbocycles. The van der Waals surface area contributed by atoms with Crippen LogP contribution in [0.3, 0.4) is 0 Å². The summed E-state index contributed by atoms with van der Waals surface area (Å²) < 4.78 is 41.9. The summed E-state index contributed by atoms with van der Waals surface area (Å²) in [5.41, 5.74) is 1.89. The van der Waals surface area contributed by atoms with E-state index in [-0.39, 0.29) is 24.3 Å². The molecule has 1 N–H and O–H groups in total. The van der Waals surface area contributed by atoms with Gasteiger partial charge in [0.1, 0.15) is 12.4 Å². The van der Waals surface area contributed by atoms with Gasteiger partial charge in [-0.1, -0.05) is 35.9 Å². The van der Waals surface area contributed by atoms with Gasteiger partial charge in [-0.3, -0.25) is 4.79 Å². The molecule has 0 bridgehead atoms. The van der Waals surface area contributed by atoms with E-state index in [1.165, 1.54) is 25.1 Å². The molecule has 0 aliphatic rings. The third-order valence-electron chi connectivity index (χ3n) is 3.48. The number of hydrogen-bond donors (Lipinski definition) is 1. The Morgan fingerprint density at radius 2 is 1.72 bits per heavy atom. The van der Waals surface area contributed by atoms with Crippen LogP contribution < -0.4 is 0 Å². The SMILES string of the molecule is CC(=O)OCc1cc(O)c(Cc2ccc(CC(F)(F)F)cc2)c(Cl)c1. The number of esters is 1. The summed E-state index contributed by atoms with van der Waals surface area (Å²) >= 11 is 6.17. The molecule has 0 heterocycles. The number of carbonyl (C=O) groups excluding carboxylic acids is 1. The molecular formula is C18H16ClF3O3. The summed E-state index contributed by atoms with van der Waals surface area (Å²) in [6, 6.07) is 8.98. The van der Waals surface area contributed by atoms with Crippen LogP contribution in [-0.2, 0) is 29.0 Å². The van der Waals surface area contributed by atoms with Crippen LogP contribution in [0, 0.1) is 0 Å². The largest absolute Gasteiger partial charge is 0.508 e. The first-order valence-corrected chi connectivity index (χ1v) is 7.80. The minimum atomic E-state index is -4.25. The van der Waals surface area contributed by atoms with E-state index in [4.69, 9.17) is 16.3 Å². The molecule has 0 saturated carbocycles. The van der Waals surface area contributed by atoms with Gasteiger partial charge >= 0.3 is 12.1 Å². The Bertz CT molecular complexity index is 732. The number of rotatable bonds is 5. The maximum Gasteiger partial charge on any atom is 0.393 e. The molecule has 3 nitrogen and oxygen atoms in total. The highest BCUT2D eigenvalue weighted by atomic mass is 35.5. The van der Waals surface area contributed by atoms with E-state index in [0.717, 1.165) is 5.56 Å². The Hall–Kier alpha value is -2.21. The number of phenols is 1. The fourth-order valence-electron chi connectivity index (χ4n) is 2.33. The third-order valence-corrected chi connectivity index (χ3v) is 3.82. The maximum atomic E-state index is 12.4. The average Bonchev–Trinajstić information content (AvgIpc) is 2.49. The van der Waals surface area contributed by atoms with Gasteiger partial charge in [0.05, 0.1) is 6.42 Å². The highest BCUT2D eigenvalue weighted by Gasteiger charge is 2.27. The number of carbonyl (C=O) groups is 1. The molecule has 0 amide bonds. The van der Waals surface area contributed by atoms with E-state index in [1.807, 2.05) is 0 Å². The first kappa shape index (κ1) is 19.1. The molecule has 0 atom stereocenters. The molecule has 0 aromatic heterocycles. The van der Waals surface area contributed by atoms with E-state index >= 15 is 0 Å². The number of halogens is 4. The van der Waals surface area contributed by atoms with Crippen molar-refractivity contribution in [3.63, 3.8) is 0 Å². The zero-order valence-corrected chi connectivity index (χ0v) is 14.1. The summed E-state index contributed by atoms with van der Waals surface area (Å²) in [4.78, 5) is 10.8. The van der Waals surface area contributed by atoms with Gasteiger partial charge < -0.3 is 9.84 Å². The van der Waals surface area contributed by atoms with Gasteiger partial charge in [-0.05, 0) is 28.8 Å². The summed E-state index contributed by atoms with van der Waals surface area (Å²) in [7, 11) is 0. The molecule has 0 spiro atoms. The van der Waals surface area contributed by atoms with Crippen LogP contribution in [0.5, 0.6) is 5.75 Å². The van der Waals surface area contributed by atoms with Crippen molar-refractivity contribution < 1.29 is 27.8 Å². The second-order valence-electron chi connectivity index (χ2n) is 5.64. The molecule has 134 valence electrons. The highest BCUT2D eigenvalue weighted by molar-refractivity contribution is 6.31. The van der Waals surface area contributed by atoms with E-state index in [2.05, 4.69) is 0 Å². The molecule has 0 saturated heterocycles. The van der Waals surface area contributed by atoms with Crippen molar-refractivity contribution in [3.05, 3.63) is 63.7 Å². The van der Waals surface area contributed by atoms with Crippen molar-refractivity contribution in [1.82, 2.24) is 0 Å². The normalized spacial score (nSPS) is 11.4. The molecule has 0 unspecified atom stereocenters. The van der Waals surface area contributed by atoms with Crippen LogP contribution in [0.15, 0.2) is 36.4 Å². The van der Waals surface area contributed by atoms with Gasteiger partial charge in [0.25, 0.3) is 0 Å². The molecule has 0 radical (unpaired) electrons. The van der Waals surface area contributed by atoms with Crippen molar-refractivity contribution in [1.29, 1.82) is 0 Å². The Morgan fingerprint density at radius 1 is 1.12 bits per heavy atom. The number of aromatic hydroxyl groups is 1. The second-order valence-corrected chi connectivity index (χ2v) is 6.05. The minimum absolute atomic E-state index is 0.00493. The Balaban J connectivity index is 2.13. The summed E-state index contributed by atoms with van der Waals surface area (Å²) in [5, 5.41) is 10.4. The van der Waals surface area contributed by atoms with Crippen molar-refractivity contribution in [3.8, 4) is 5.75 Å². The van der Waals surface area contributed by atoms with E-state index in [0.29, 0.717) is 16.1 Å². The lowest BCUT2D eigenvalue weighted by atomic mass is 10.0. The molecule has 2 aromatic carbocycles. The standard InChI is InChI=1S/C18H16ClF3O3/c1-11(23)25-10-14-7-16(19)15(17(24)8-14)6-12-2-4-13(5-3-12)9-18(20,21)22/h2-5,7-8,24H,6,9-10H2,1H3. The molecule has 2 rings (SSSR count). The lowest BCUT2D eigenvalue weighted by Gasteiger charge is -2.11.